The van der Waals surface area contributed by atoms with Crippen molar-refractivity contribution in [1.29, 1.82) is 0 Å². The van der Waals surface area contributed by atoms with Gasteiger partial charge in [0.2, 0.25) is 17.2 Å². The summed E-state index contributed by atoms with van der Waals surface area (Å²) >= 11 is 6.01. The second kappa shape index (κ2) is 5.85. The molecule has 0 amide bonds. The first-order valence-electron chi connectivity index (χ1n) is 7.02. The molecule has 1 atom stereocenters. The van der Waals surface area contributed by atoms with Gasteiger partial charge >= 0.3 is 0 Å². The molecule has 1 saturated heterocycles. The van der Waals surface area contributed by atoms with Gasteiger partial charge in [-0.3, -0.25) is 0 Å². The molecule has 0 spiro atoms. The molecule has 0 radical (unpaired) electrons. The van der Waals surface area contributed by atoms with E-state index in [-0.39, 0.29) is 5.28 Å². The molecule has 1 aliphatic rings. The molecular weight excluding hydrogens is 286 g/mol. The van der Waals surface area contributed by atoms with Crippen molar-refractivity contribution < 1.29 is 0 Å². The van der Waals surface area contributed by atoms with E-state index in [0.717, 1.165) is 19.5 Å². The van der Waals surface area contributed by atoms with Gasteiger partial charge in [0, 0.05) is 33.1 Å². The Morgan fingerprint density at radius 3 is 2.62 bits per heavy atom. The lowest BCUT2D eigenvalue weighted by atomic mass is 9.99. The Hall–Kier alpha value is -1.88. The molecule has 0 aliphatic carbocycles. The second-order valence-electron chi connectivity index (χ2n) is 5.44. The van der Waals surface area contributed by atoms with Crippen LogP contribution in [-0.2, 0) is 0 Å². The smallest absolute Gasteiger partial charge is 0.231 e. The highest BCUT2D eigenvalue weighted by molar-refractivity contribution is 6.28. The number of anilines is 2. The van der Waals surface area contributed by atoms with E-state index in [2.05, 4.69) is 44.1 Å². The van der Waals surface area contributed by atoms with Gasteiger partial charge in [-0.1, -0.05) is 30.3 Å². The fraction of sp³-hybridized carbons (Fsp3) is 0.400. The zero-order chi connectivity index (χ0) is 14.8. The molecule has 0 bridgehead atoms. The molecule has 21 heavy (non-hydrogen) atoms. The summed E-state index contributed by atoms with van der Waals surface area (Å²) in [6.45, 7) is 1.85. The molecule has 1 aromatic heterocycles. The van der Waals surface area contributed by atoms with Crippen LogP contribution < -0.4 is 9.80 Å². The van der Waals surface area contributed by atoms with Crippen LogP contribution >= 0.6 is 11.6 Å². The summed E-state index contributed by atoms with van der Waals surface area (Å²) in [7, 11) is 3.79. The minimum absolute atomic E-state index is 0.242. The van der Waals surface area contributed by atoms with E-state index in [1.54, 1.807) is 0 Å². The molecule has 5 nitrogen and oxygen atoms in total. The highest BCUT2D eigenvalue weighted by Crippen LogP contribution is 2.29. The van der Waals surface area contributed by atoms with Gasteiger partial charge in [0.05, 0.1) is 0 Å². The predicted octanol–water partition coefficient (Wildman–Crippen LogP) is 2.58. The summed E-state index contributed by atoms with van der Waals surface area (Å²) in [5.74, 6) is 1.77. The Labute approximate surface area is 129 Å². The van der Waals surface area contributed by atoms with Crippen molar-refractivity contribution >= 4 is 23.5 Å². The third-order valence-corrected chi connectivity index (χ3v) is 3.90. The Balaban J connectivity index is 1.80. The first-order chi connectivity index (χ1) is 10.1. The van der Waals surface area contributed by atoms with E-state index >= 15 is 0 Å². The van der Waals surface area contributed by atoms with E-state index in [1.807, 2.05) is 25.1 Å². The third-order valence-electron chi connectivity index (χ3n) is 3.73. The highest BCUT2D eigenvalue weighted by Gasteiger charge is 2.26. The van der Waals surface area contributed by atoms with Gasteiger partial charge in [-0.25, -0.2) is 0 Å². The minimum Gasteiger partial charge on any atom is -0.347 e. The zero-order valence-corrected chi connectivity index (χ0v) is 13.0. The Kier molecular flexibility index (Phi) is 3.92. The molecule has 6 heteroatoms. The van der Waals surface area contributed by atoms with Gasteiger partial charge in [0.15, 0.2) is 0 Å². The molecule has 0 saturated carbocycles. The van der Waals surface area contributed by atoms with Crippen molar-refractivity contribution in [2.24, 2.45) is 0 Å². The van der Waals surface area contributed by atoms with Gasteiger partial charge in [0.25, 0.3) is 0 Å². The predicted molar refractivity (Wildman–Crippen MR) is 85.2 cm³/mol. The number of rotatable bonds is 3. The van der Waals surface area contributed by atoms with Crippen LogP contribution in [-0.4, -0.2) is 42.1 Å². The van der Waals surface area contributed by atoms with Crippen molar-refractivity contribution in [2.75, 3.05) is 37.0 Å². The highest BCUT2D eigenvalue weighted by atomic mass is 35.5. The summed E-state index contributed by atoms with van der Waals surface area (Å²) in [6, 6.07) is 10.6. The number of aromatic nitrogens is 3. The van der Waals surface area contributed by atoms with Crippen LogP contribution in [0, 0.1) is 0 Å². The van der Waals surface area contributed by atoms with E-state index in [4.69, 9.17) is 11.6 Å². The standard InChI is InChI=1S/C15H18ClN5/c1-20(2)14-17-13(16)18-15(19-14)21-9-8-12(10-21)11-6-4-3-5-7-11/h3-7,12H,8-10H2,1-2H3. The van der Waals surface area contributed by atoms with Crippen LogP contribution in [0.2, 0.25) is 5.28 Å². The molecule has 2 heterocycles. The van der Waals surface area contributed by atoms with Crippen LogP contribution in [0.25, 0.3) is 0 Å². The Bertz CT molecular complexity index is 617. The first kappa shape index (κ1) is 14.1. The fourth-order valence-electron chi connectivity index (χ4n) is 2.61. The summed E-state index contributed by atoms with van der Waals surface area (Å²) in [4.78, 5) is 16.9. The quantitative estimate of drug-likeness (QED) is 0.872. The molecule has 2 aromatic rings. The minimum atomic E-state index is 0.242. The maximum atomic E-state index is 6.01. The zero-order valence-electron chi connectivity index (χ0n) is 12.2. The Morgan fingerprint density at radius 2 is 1.90 bits per heavy atom. The maximum absolute atomic E-state index is 6.01. The number of hydrogen-bond donors (Lipinski definition) is 0. The summed E-state index contributed by atoms with van der Waals surface area (Å²) in [6.07, 6.45) is 1.10. The van der Waals surface area contributed by atoms with Crippen LogP contribution in [0.5, 0.6) is 0 Å². The summed E-state index contributed by atoms with van der Waals surface area (Å²) in [5, 5.41) is 0.242. The van der Waals surface area contributed by atoms with E-state index in [1.165, 1.54) is 5.56 Å². The van der Waals surface area contributed by atoms with Gasteiger partial charge < -0.3 is 9.80 Å². The van der Waals surface area contributed by atoms with Crippen molar-refractivity contribution in [3.05, 3.63) is 41.2 Å². The molecule has 1 unspecified atom stereocenters. The van der Waals surface area contributed by atoms with E-state index < -0.39 is 0 Å². The fourth-order valence-corrected chi connectivity index (χ4v) is 2.76. The van der Waals surface area contributed by atoms with Crippen molar-refractivity contribution in [1.82, 2.24) is 15.0 Å². The third kappa shape index (κ3) is 3.08. The lowest BCUT2D eigenvalue weighted by Crippen LogP contribution is -2.24. The maximum Gasteiger partial charge on any atom is 0.231 e. The van der Waals surface area contributed by atoms with Gasteiger partial charge in [-0.15, -0.1) is 0 Å². The van der Waals surface area contributed by atoms with Crippen LogP contribution in [0.1, 0.15) is 17.9 Å². The van der Waals surface area contributed by atoms with Crippen LogP contribution in [0.15, 0.2) is 30.3 Å². The van der Waals surface area contributed by atoms with Crippen molar-refractivity contribution in [3.63, 3.8) is 0 Å². The number of benzene rings is 1. The van der Waals surface area contributed by atoms with E-state index in [0.29, 0.717) is 17.8 Å². The SMILES string of the molecule is CN(C)c1nc(Cl)nc(N2CCC(c3ccccc3)C2)n1. The number of hydrogen-bond acceptors (Lipinski definition) is 5. The average molecular weight is 304 g/mol. The van der Waals surface area contributed by atoms with Crippen LogP contribution in [0.3, 0.4) is 0 Å². The molecular formula is C15H18ClN5. The molecule has 1 aromatic carbocycles. The van der Waals surface area contributed by atoms with Gasteiger partial charge in [-0.2, -0.15) is 15.0 Å². The molecule has 1 aliphatic heterocycles. The van der Waals surface area contributed by atoms with Gasteiger partial charge in [0.1, 0.15) is 0 Å². The second-order valence-corrected chi connectivity index (χ2v) is 5.78. The Morgan fingerprint density at radius 1 is 1.14 bits per heavy atom. The van der Waals surface area contributed by atoms with Gasteiger partial charge in [-0.05, 0) is 23.6 Å². The lowest BCUT2D eigenvalue weighted by Gasteiger charge is -2.18. The summed E-state index contributed by atoms with van der Waals surface area (Å²) in [5.41, 5.74) is 1.37. The largest absolute Gasteiger partial charge is 0.347 e. The molecule has 1 fully saturated rings. The molecule has 110 valence electrons. The van der Waals surface area contributed by atoms with Crippen molar-refractivity contribution in [2.45, 2.75) is 12.3 Å². The normalized spacial score (nSPS) is 18.0. The number of halogens is 1. The monoisotopic (exact) mass is 303 g/mol. The topological polar surface area (TPSA) is 45.2 Å². The van der Waals surface area contributed by atoms with Crippen molar-refractivity contribution in [3.8, 4) is 0 Å². The molecule has 0 N–H and O–H groups in total. The molecule has 3 rings (SSSR count). The number of nitrogens with zero attached hydrogens (tertiary/aromatic N) is 5. The van der Waals surface area contributed by atoms with E-state index in [9.17, 15) is 0 Å². The summed E-state index contributed by atoms with van der Waals surface area (Å²) < 4.78 is 0. The lowest BCUT2D eigenvalue weighted by molar-refractivity contribution is 0.771. The van der Waals surface area contributed by atoms with Crippen LogP contribution in [0.4, 0.5) is 11.9 Å². The average Bonchev–Trinajstić information content (AvgIpc) is 2.97. The first-order valence-corrected chi connectivity index (χ1v) is 7.40.